The number of carbonyl (C=O) groups is 2. The second kappa shape index (κ2) is 6.60. The first-order valence-electron chi connectivity index (χ1n) is 7.39. The summed E-state index contributed by atoms with van der Waals surface area (Å²) in [4.78, 5) is 24.3. The number of urea groups is 1. The summed E-state index contributed by atoms with van der Waals surface area (Å²) in [5, 5.41) is 7.98. The molecule has 2 amide bonds. The molecule has 1 N–H and O–H groups in total. The highest BCUT2D eigenvalue weighted by Crippen LogP contribution is 2.28. The summed E-state index contributed by atoms with van der Waals surface area (Å²) in [5.74, 6) is 1.00. The maximum atomic E-state index is 12.1. The van der Waals surface area contributed by atoms with E-state index >= 15 is 0 Å². The lowest BCUT2D eigenvalue weighted by molar-refractivity contribution is -0.107. The van der Waals surface area contributed by atoms with Crippen LogP contribution in [0.25, 0.3) is 10.9 Å². The predicted octanol–water partition coefficient (Wildman–Crippen LogP) is 2.43. The molecule has 0 aliphatic rings. The molecular weight excluding hydrogens is 280 g/mol. The standard InChI is InChI=1S/C16H22N4O2/c1-11(2)12-6-7-13-14(10-12)19(4)18-15(13)20(8-5-9-21)16(22)17-3/h6-7,9-11H,5,8H2,1-4H3,(H,17,22). The number of aldehydes is 1. The molecule has 0 fully saturated rings. The molecule has 2 rings (SSSR count). The third kappa shape index (κ3) is 2.95. The molecule has 2 aromatic rings. The minimum atomic E-state index is -0.269. The zero-order valence-electron chi connectivity index (χ0n) is 13.5. The maximum absolute atomic E-state index is 12.1. The molecule has 6 heteroatoms. The molecule has 0 unspecified atom stereocenters. The van der Waals surface area contributed by atoms with Gasteiger partial charge in [0.05, 0.1) is 5.52 Å². The quantitative estimate of drug-likeness (QED) is 0.863. The Bertz CT molecular complexity index is 691. The van der Waals surface area contributed by atoms with Crippen LogP contribution in [-0.4, -0.2) is 35.7 Å². The molecule has 1 heterocycles. The molecule has 22 heavy (non-hydrogen) atoms. The van der Waals surface area contributed by atoms with E-state index in [0.29, 0.717) is 18.3 Å². The van der Waals surface area contributed by atoms with Crippen LogP contribution in [0.4, 0.5) is 10.6 Å². The van der Waals surface area contributed by atoms with E-state index in [-0.39, 0.29) is 12.5 Å². The van der Waals surface area contributed by atoms with Crippen LogP contribution in [0, 0.1) is 0 Å². The number of fused-ring (bicyclic) bond motifs is 1. The van der Waals surface area contributed by atoms with E-state index in [9.17, 15) is 9.59 Å². The number of benzene rings is 1. The number of carbonyl (C=O) groups excluding carboxylic acids is 2. The van der Waals surface area contributed by atoms with Crippen molar-refractivity contribution in [1.29, 1.82) is 0 Å². The van der Waals surface area contributed by atoms with Crippen LogP contribution in [0.2, 0.25) is 0 Å². The van der Waals surface area contributed by atoms with Crippen molar-refractivity contribution < 1.29 is 9.59 Å². The Balaban J connectivity index is 2.53. The summed E-state index contributed by atoms with van der Waals surface area (Å²) in [5.41, 5.74) is 2.20. The first-order chi connectivity index (χ1) is 10.5. The second-order valence-corrected chi connectivity index (χ2v) is 5.54. The van der Waals surface area contributed by atoms with E-state index in [1.807, 2.05) is 13.1 Å². The van der Waals surface area contributed by atoms with Crippen molar-refractivity contribution in [3.05, 3.63) is 23.8 Å². The molecule has 6 nitrogen and oxygen atoms in total. The van der Waals surface area contributed by atoms with Gasteiger partial charge in [0, 0.05) is 32.4 Å². The summed E-state index contributed by atoms with van der Waals surface area (Å²) in [6.07, 6.45) is 1.08. The van der Waals surface area contributed by atoms with Crippen LogP contribution in [0.1, 0.15) is 31.7 Å². The minimum Gasteiger partial charge on any atom is -0.341 e. The lowest BCUT2D eigenvalue weighted by Gasteiger charge is -2.19. The molecule has 1 aromatic heterocycles. The maximum Gasteiger partial charge on any atom is 0.322 e. The number of amides is 2. The average Bonchev–Trinajstić information content (AvgIpc) is 2.84. The Morgan fingerprint density at radius 1 is 1.45 bits per heavy atom. The number of hydrogen-bond donors (Lipinski definition) is 1. The first-order valence-corrected chi connectivity index (χ1v) is 7.39. The summed E-state index contributed by atoms with van der Waals surface area (Å²) in [7, 11) is 3.43. The van der Waals surface area contributed by atoms with Gasteiger partial charge in [0.15, 0.2) is 5.82 Å². The molecule has 0 spiro atoms. The van der Waals surface area contributed by atoms with E-state index in [2.05, 4.69) is 36.4 Å². The number of rotatable bonds is 5. The van der Waals surface area contributed by atoms with Gasteiger partial charge in [-0.2, -0.15) is 5.10 Å². The number of nitrogens with zero attached hydrogens (tertiary/aromatic N) is 3. The van der Waals surface area contributed by atoms with Gasteiger partial charge in [-0.25, -0.2) is 4.79 Å². The fraction of sp³-hybridized carbons (Fsp3) is 0.438. The highest BCUT2D eigenvalue weighted by Gasteiger charge is 2.21. The Kier molecular flexibility index (Phi) is 4.80. The third-order valence-electron chi connectivity index (χ3n) is 3.71. The largest absolute Gasteiger partial charge is 0.341 e. The molecular formula is C16H22N4O2. The van der Waals surface area contributed by atoms with Gasteiger partial charge in [-0.3, -0.25) is 9.58 Å². The van der Waals surface area contributed by atoms with Crippen molar-refractivity contribution in [2.75, 3.05) is 18.5 Å². The average molecular weight is 302 g/mol. The number of aryl methyl sites for hydroxylation is 1. The second-order valence-electron chi connectivity index (χ2n) is 5.54. The number of nitrogens with one attached hydrogen (secondary N) is 1. The lowest BCUT2D eigenvalue weighted by Crippen LogP contribution is -2.39. The van der Waals surface area contributed by atoms with Gasteiger partial charge in [0.25, 0.3) is 0 Å². The molecule has 1 aromatic carbocycles. The van der Waals surface area contributed by atoms with Crippen LogP contribution in [0.3, 0.4) is 0 Å². The van der Waals surface area contributed by atoms with Crippen LogP contribution >= 0.6 is 0 Å². The molecule has 0 saturated carbocycles. The fourth-order valence-corrected chi connectivity index (χ4v) is 2.43. The zero-order chi connectivity index (χ0) is 16.3. The first kappa shape index (κ1) is 16.0. The van der Waals surface area contributed by atoms with E-state index in [0.717, 1.165) is 17.2 Å². The monoisotopic (exact) mass is 302 g/mol. The summed E-state index contributed by atoms with van der Waals surface area (Å²) in [6.45, 7) is 4.58. The van der Waals surface area contributed by atoms with Crippen molar-refractivity contribution in [1.82, 2.24) is 15.1 Å². The topological polar surface area (TPSA) is 67.2 Å². The summed E-state index contributed by atoms with van der Waals surface area (Å²) >= 11 is 0. The normalized spacial score (nSPS) is 11.0. The van der Waals surface area contributed by atoms with Crippen LogP contribution < -0.4 is 10.2 Å². The lowest BCUT2D eigenvalue weighted by atomic mass is 10.0. The molecule has 0 aliphatic carbocycles. The number of anilines is 1. The Morgan fingerprint density at radius 2 is 2.18 bits per heavy atom. The zero-order valence-corrected chi connectivity index (χ0v) is 13.5. The molecule has 118 valence electrons. The Hall–Kier alpha value is -2.37. The molecule has 0 aliphatic heterocycles. The Labute approximate surface area is 130 Å². The molecule has 0 radical (unpaired) electrons. The Morgan fingerprint density at radius 3 is 2.77 bits per heavy atom. The number of aromatic nitrogens is 2. The highest BCUT2D eigenvalue weighted by atomic mass is 16.2. The predicted molar refractivity (Wildman–Crippen MR) is 87.3 cm³/mol. The van der Waals surface area contributed by atoms with Crippen LogP contribution in [0.15, 0.2) is 18.2 Å². The van der Waals surface area contributed by atoms with E-state index in [1.165, 1.54) is 10.5 Å². The van der Waals surface area contributed by atoms with Crippen LogP contribution in [-0.2, 0) is 11.8 Å². The SMILES string of the molecule is CNC(=O)N(CCC=O)c1nn(C)c2cc(C(C)C)ccc12. The molecule has 0 saturated heterocycles. The highest BCUT2D eigenvalue weighted by molar-refractivity contribution is 6.01. The van der Waals surface area contributed by atoms with E-state index < -0.39 is 0 Å². The number of hydrogen-bond acceptors (Lipinski definition) is 3. The smallest absolute Gasteiger partial charge is 0.322 e. The van der Waals surface area contributed by atoms with Crippen molar-refractivity contribution in [3.8, 4) is 0 Å². The summed E-state index contributed by atoms with van der Waals surface area (Å²) < 4.78 is 1.77. The molecule has 0 bridgehead atoms. The van der Waals surface area contributed by atoms with Crippen molar-refractivity contribution in [3.63, 3.8) is 0 Å². The van der Waals surface area contributed by atoms with Gasteiger partial charge in [-0.05, 0) is 23.6 Å². The van der Waals surface area contributed by atoms with Crippen LogP contribution in [0.5, 0.6) is 0 Å². The van der Waals surface area contributed by atoms with Gasteiger partial charge in [0.1, 0.15) is 6.29 Å². The van der Waals surface area contributed by atoms with Gasteiger partial charge in [-0.1, -0.05) is 19.9 Å². The minimum absolute atomic E-state index is 0.269. The fourth-order valence-electron chi connectivity index (χ4n) is 2.43. The van der Waals surface area contributed by atoms with E-state index in [1.54, 1.807) is 11.7 Å². The van der Waals surface area contributed by atoms with Gasteiger partial charge in [-0.15, -0.1) is 0 Å². The van der Waals surface area contributed by atoms with Gasteiger partial charge >= 0.3 is 6.03 Å². The van der Waals surface area contributed by atoms with Crippen molar-refractivity contribution in [2.24, 2.45) is 7.05 Å². The summed E-state index contributed by atoms with van der Waals surface area (Å²) in [6, 6.07) is 5.87. The van der Waals surface area contributed by atoms with Crippen molar-refractivity contribution >= 4 is 29.0 Å². The third-order valence-corrected chi connectivity index (χ3v) is 3.71. The van der Waals surface area contributed by atoms with E-state index in [4.69, 9.17) is 0 Å². The molecule has 0 atom stereocenters. The van der Waals surface area contributed by atoms with Gasteiger partial charge in [0.2, 0.25) is 0 Å². The van der Waals surface area contributed by atoms with Crippen molar-refractivity contribution in [2.45, 2.75) is 26.2 Å². The van der Waals surface area contributed by atoms with Gasteiger partial charge < -0.3 is 10.1 Å².